The molecule has 3 aromatic rings. The predicted octanol–water partition coefficient (Wildman–Crippen LogP) is 3.11. The summed E-state index contributed by atoms with van der Waals surface area (Å²) in [5, 5.41) is 0.0865. The molecule has 2 aromatic heterocycles. The first-order valence-corrected chi connectivity index (χ1v) is 11.0. The van der Waals surface area contributed by atoms with Crippen LogP contribution in [0.5, 0.6) is 0 Å². The van der Waals surface area contributed by atoms with Crippen LogP contribution in [0.2, 0.25) is 0 Å². The maximum atomic E-state index is 13.9. The van der Waals surface area contributed by atoms with Crippen LogP contribution in [-0.4, -0.2) is 40.3 Å². The smallest absolute Gasteiger partial charge is 0.262 e. The van der Waals surface area contributed by atoms with Crippen molar-refractivity contribution in [3.8, 4) is 0 Å². The van der Waals surface area contributed by atoms with Crippen molar-refractivity contribution in [2.24, 2.45) is 7.05 Å². The minimum Gasteiger partial charge on any atom is -0.339 e. The van der Waals surface area contributed by atoms with Crippen LogP contribution in [0.1, 0.15) is 35.7 Å². The van der Waals surface area contributed by atoms with Gasteiger partial charge >= 0.3 is 0 Å². The fourth-order valence-electron chi connectivity index (χ4n) is 3.71. The summed E-state index contributed by atoms with van der Waals surface area (Å²) in [6.07, 6.45) is 4.84. The van der Waals surface area contributed by atoms with Gasteiger partial charge in [-0.2, -0.15) is 4.31 Å². The second-order valence-corrected chi connectivity index (χ2v) is 9.26. The molecule has 4 rings (SSSR count). The molecule has 3 heterocycles. The average Bonchev–Trinajstić information content (AvgIpc) is 3.17. The van der Waals surface area contributed by atoms with Crippen LogP contribution in [0.4, 0.5) is 4.39 Å². The SMILES string of the molecule is Cn1cnc(S(=O)(=O)N2CCC(c3cccc(Cc4ccccc4F)n3)CC2)c1. The van der Waals surface area contributed by atoms with E-state index >= 15 is 0 Å². The Morgan fingerprint density at radius 2 is 1.86 bits per heavy atom. The summed E-state index contributed by atoms with van der Waals surface area (Å²) >= 11 is 0. The molecule has 0 bridgehead atoms. The molecule has 0 unspecified atom stereocenters. The number of halogens is 1. The molecule has 1 aliphatic heterocycles. The first-order chi connectivity index (χ1) is 13.9. The number of rotatable bonds is 5. The van der Waals surface area contributed by atoms with Crippen LogP contribution in [-0.2, 0) is 23.5 Å². The van der Waals surface area contributed by atoms with Crippen LogP contribution in [0.15, 0.2) is 60.0 Å². The lowest BCUT2D eigenvalue weighted by atomic mass is 9.94. The maximum absolute atomic E-state index is 13.9. The van der Waals surface area contributed by atoms with Gasteiger partial charge in [-0.15, -0.1) is 0 Å². The third kappa shape index (κ3) is 4.23. The molecule has 1 fully saturated rings. The molecule has 0 saturated carbocycles. The van der Waals surface area contributed by atoms with Crippen molar-refractivity contribution < 1.29 is 12.8 Å². The summed E-state index contributed by atoms with van der Waals surface area (Å²) in [7, 11) is -1.81. The number of pyridine rings is 1. The van der Waals surface area contributed by atoms with E-state index in [-0.39, 0.29) is 16.8 Å². The third-order valence-corrected chi connectivity index (χ3v) is 7.10. The van der Waals surface area contributed by atoms with E-state index in [1.54, 1.807) is 23.7 Å². The molecule has 29 heavy (non-hydrogen) atoms. The molecule has 0 amide bonds. The first kappa shape index (κ1) is 19.7. The van der Waals surface area contributed by atoms with Gasteiger partial charge in [-0.3, -0.25) is 4.98 Å². The second-order valence-electron chi connectivity index (χ2n) is 7.38. The lowest BCUT2D eigenvalue weighted by Gasteiger charge is -2.30. The summed E-state index contributed by atoms with van der Waals surface area (Å²) in [5.74, 6) is -0.0431. The highest BCUT2D eigenvalue weighted by Gasteiger charge is 2.31. The standard InChI is InChI=1S/C21H23FN4O2S/c1-25-14-21(23-15-25)29(27,28)26-11-9-16(10-12-26)20-8-4-6-18(24-20)13-17-5-2-3-7-19(17)22/h2-8,14-16H,9-13H2,1H3. The van der Waals surface area contributed by atoms with Crippen LogP contribution >= 0.6 is 0 Å². The monoisotopic (exact) mass is 414 g/mol. The summed E-state index contributed by atoms with van der Waals surface area (Å²) in [5.41, 5.74) is 2.37. The van der Waals surface area contributed by atoms with E-state index in [0.29, 0.717) is 37.9 Å². The first-order valence-electron chi connectivity index (χ1n) is 9.61. The molecule has 1 aliphatic rings. The normalized spacial score (nSPS) is 16.2. The van der Waals surface area contributed by atoms with Gasteiger partial charge in [0.1, 0.15) is 5.82 Å². The van der Waals surface area contributed by atoms with Crippen molar-refractivity contribution in [3.05, 3.63) is 77.8 Å². The highest BCUT2D eigenvalue weighted by molar-refractivity contribution is 7.89. The molecular weight excluding hydrogens is 391 g/mol. The quantitative estimate of drug-likeness (QED) is 0.643. The third-order valence-electron chi connectivity index (χ3n) is 5.32. The van der Waals surface area contributed by atoms with Gasteiger partial charge in [-0.1, -0.05) is 24.3 Å². The fraction of sp³-hybridized carbons (Fsp3) is 0.333. The highest BCUT2D eigenvalue weighted by Crippen LogP contribution is 2.29. The molecule has 0 radical (unpaired) electrons. The fourth-order valence-corrected chi connectivity index (χ4v) is 5.14. The van der Waals surface area contributed by atoms with Crippen LogP contribution in [0, 0.1) is 5.82 Å². The average molecular weight is 415 g/mol. The molecule has 0 aliphatic carbocycles. The van der Waals surface area contributed by atoms with Gasteiger partial charge in [0.05, 0.1) is 6.33 Å². The van der Waals surface area contributed by atoms with E-state index < -0.39 is 10.0 Å². The van der Waals surface area contributed by atoms with Gasteiger partial charge < -0.3 is 4.57 Å². The minimum atomic E-state index is -3.56. The van der Waals surface area contributed by atoms with Crippen molar-refractivity contribution in [2.45, 2.75) is 30.2 Å². The van der Waals surface area contributed by atoms with Gasteiger partial charge in [-0.05, 0) is 36.6 Å². The zero-order chi connectivity index (χ0) is 20.4. The number of sulfonamides is 1. The van der Waals surface area contributed by atoms with E-state index in [2.05, 4.69) is 4.98 Å². The predicted molar refractivity (Wildman–Crippen MR) is 107 cm³/mol. The topological polar surface area (TPSA) is 68.1 Å². The Morgan fingerprint density at radius 3 is 2.55 bits per heavy atom. The number of aryl methyl sites for hydroxylation is 1. The molecule has 0 atom stereocenters. The Balaban J connectivity index is 1.44. The van der Waals surface area contributed by atoms with Gasteiger partial charge in [0.25, 0.3) is 10.0 Å². The number of nitrogens with zero attached hydrogens (tertiary/aromatic N) is 4. The van der Waals surface area contributed by atoms with Crippen LogP contribution < -0.4 is 0 Å². The lowest BCUT2D eigenvalue weighted by molar-refractivity contribution is 0.315. The van der Waals surface area contributed by atoms with Crippen molar-refractivity contribution >= 4 is 10.0 Å². The van der Waals surface area contributed by atoms with Crippen molar-refractivity contribution in [3.63, 3.8) is 0 Å². The van der Waals surface area contributed by atoms with Gasteiger partial charge in [0.2, 0.25) is 0 Å². The zero-order valence-corrected chi connectivity index (χ0v) is 17.0. The van der Waals surface area contributed by atoms with Crippen LogP contribution in [0.3, 0.4) is 0 Å². The molecule has 0 N–H and O–H groups in total. The van der Waals surface area contributed by atoms with Crippen molar-refractivity contribution in [1.29, 1.82) is 0 Å². The Morgan fingerprint density at radius 1 is 1.10 bits per heavy atom. The van der Waals surface area contributed by atoms with Gasteiger partial charge in [0.15, 0.2) is 5.03 Å². The Kier molecular flexibility index (Phi) is 5.47. The maximum Gasteiger partial charge on any atom is 0.262 e. The Hall–Kier alpha value is -2.58. The Labute approximate surface area is 170 Å². The molecular formula is C21H23FN4O2S. The van der Waals surface area contributed by atoms with E-state index in [0.717, 1.165) is 11.4 Å². The summed E-state index contributed by atoms with van der Waals surface area (Å²) in [6, 6.07) is 12.5. The number of piperidine rings is 1. The summed E-state index contributed by atoms with van der Waals surface area (Å²) in [4.78, 5) is 8.72. The molecule has 0 spiro atoms. The van der Waals surface area contributed by atoms with Crippen molar-refractivity contribution in [1.82, 2.24) is 18.8 Å². The number of hydrogen-bond donors (Lipinski definition) is 0. The molecule has 8 heteroatoms. The minimum absolute atomic E-state index is 0.0865. The molecule has 6 nitrogen and oxygen atoms in total. The summed E-state index contributed by atoms with van der Waals surface area (Å²) < 4.78 is 42.5. The van der Waals surface area contributed by atoms with E-state index in [1.165, 1.54) is 22.9 Å². The van der Waals surface area contributed by atoms with E-state index in [1.807, 2.05) is 24.3 Å². The van der Waals surface area contributed by atoms with Gasteiger partial charge in [0, 0.05) is 50.1 Å². The van der Waals surface area contributed by atoms with Crippen LogP contribution in [0.25, 0.3) is 0 Å². The van der Waals surface area contributed by atoms with E-state index in [9.17, 15) is 12.8 Å². The Bertz CT molecular complexity index is 1110. The molecule has 1 aromatic carbocycles. The zero-order valence-electron chi connectivity index (χ0n) is 16.2. The molecule has 1 saturated heterocycles. The molecule has 152 valence electrons. The number of aromatic nitrogens is 3. The number of imidazole rings is 1. The number of hydrogen-bond acceptors (Lipinski definition) is 4. The van der Waals surface area contributed by atoms with E-state index in [4.69, 9.17) is 4.98 Å². The highest BCUT2D eigenvalue weighted by atomic mass is 32.2. The number of benzene rings is 1. The largest absolute Gasteiger partial charge is 0.339 e. The second kappa shape index (κ2) is 8.04. The van der Waals surface area contributed by atoms with Crippen molar-refractivity contribution in [2.75, 3.05) is 13.1 Å². The lowest BCUT2D eigenvalue weighted by Crippen LogP contribution is -2.38. The van der Waals surface area contributed by atoms with Gasteiger partial charge in [-0.25, -0.2) is 17.8 Å². The summed E-state index contributed by atoms with van der Waals surface area (Å²) in [6.45, 7) is 0.867.